The van der Waals surface area contributed by atoms with Crippen molar-refractivity contribution in [3.63, 3.8) is 0 Å². The van der Waals surface area contributed by atoms with E-state index in [9.17, 15) is 9.90 Å². The van der Waals surface area contributed by atoms with E-state index in [1.54, 1.807) is 0 Å². The normalized spacial score (nSPS) is 38.9. The maximum atomic E-state index is 11.5. The maximum absolute atomic E-state index is 11.5. The van der Waals surface area contributed by atoms with E-state index in [1.165, 1.54) is 25.7 Å². The van der Waals surface area contributed by atoms with E-state index in [4.69, 9.17) is 0 Å². The molecule has 0 bridgehead atoms. The number of nitrogens with one attached hydrogen (secondary N) is 1. The number of carbonyl (C=O) groups is 1. The summed E-state index contributed by atoms with van der Waals surface area (Å²) in [6.45, 7) is 11.3. The molecule has 122 valence electrons. The van der Waals surface area contributed by atoms with E-state index in [-0.39, 0.29) is 11.3 Å². The van der Waals surface area contributed by atoms with Crippen LogP contribution in [-0.2, 0) is 4.79 Å². The molecule has 3 nitrogen and oxygen atoms in total. The van der Waals surface area contributed by atoms with E-state index in [2.05, 4.69) is 39.9 Å². The Labute approximate surface area is 129 Å². The minimum Gasteiger partial charge on any atom is -0.481 e. The second-order valence-corrected chi connectivity index (χ2v) is 8.64. The summed E-state index contributed by atoms with van der Waals surface area (Å²) in [5.41, 5.74) is 0.228. The van der Waals surface area contributed by atoms with Crippen LogP contribution in [0.4, 0.5) is 0 Å². The van der Waals surface area contributed by atoms with Crippen molar-refractivity contribution in [1.82, 2.24) is 5.32 Å². The summed E-state index contributed by atoms with van der Waals surface area (Å²) in [4.78, 5) is 11.5. The molecular formula is C18H33NO2. The van der Waals surface area contributed by atoms with E-state index < -0.39 is 5.97 Å². The molecule has 2 aliphatic carbocycles. The summed E-state index contributed by atoms with van der Waals surface area (Å²) < 4.78 is 0. The van der Waals surface area contributed by atoms with Crippen LogP contribution in [0, 0.1) is 22.7 Å². The third kappa shape index (κ3) is 3.28. The Kier molecular flexibility index (Phi) is 4.72. The molecule has 2 aliphatic rings. The highest BCUT2D eigenvalue weighted by Crippen LogP contribution is 2.46. The predicted molar refractivity (Wildman–Crippen MR) is 86.3 cm³/mol. The first-order valence-corrected chi connectivity index (χ1v) is 8.65. The molecule has 0 spiro atoms. The van der Waals surface area contributed by atoms with Gasteiger partial charge < -0.3 is 10.4 Å². The molecule has 4 unspecified atom stereocenters. The average Bonchev–Trinajstić information content (AvgIpc) is 2.36. The van der Waals surface area contributed by atoms with Crippen molar-refractivity contribution in [1.29, 1.82) is 0 Å². The van der Waals surface area contributed by atoms with Crippen molar-refractivity contribution in [3.8, 4) is 0 Å². The van der Waals surface area contributed by atoms with Crippen LogP contribution in [0.3, 0.4) is 0 Å². The second kappa shape index (κ2) is 5.91. The number of hydrogen-bond donors (Lipinski definition) is 2. The molecule has 0 saturated heterocycles. The summed E-state index contributed by atoms with van der Waals surface area (Å²) in [5, 5.41) is 13.4. The Bertz CT molecular complexity index is 389. The molecule has 2 fully saturated rings. The fourth-order valence-electron chi connectivity index (χ4n) is 4.53. The molecule has 0 heterocycles. The van der Waals surface area contributed by atoms with Gasteiger partial charge in [-0.25, -0.2) is 0 Å². The highest BCUT2D eigenvalue weighted by Gasteiger charge is 2.47. The molecule has 2 saturated carbocycles. The van der Waals surface area contributed by atoms with Gasteiger partial charge in [0.15, 0.2) is 0 Å². The zero-order chi connectivity index (χ0) is 15.8. The van der Waals surface area contributed by atoms with Gasteiger partial charge >= 0.3 is 5.97 Å². The Morgan fingerprint density at radius 2 is 1.76 bits per heavy atom. The van der Waals surface area contributed by atoms with Crippen LogP contribution < -0.4 is 5.32 Å². The van der Waals surface area contributed by atoms with Gasteiger partial charge in [-0.05, 0) is 42.4 Å². The van der Waals surface area contributed by atoms with Crippen molar-refractivity contribution in [3.05, 3.63) is 0 Å². The highest BCUT2D eigenvalue weighted by molar-refractivity contribution is 5.71. The lowest BCUT2D eigenvalue weighted by atomic mass is 9.60. The zero-order valence-corrected chi connectivity index (χ0v) is 14.4. The monoisotopic (exact) mass is 295 g/mol. The van der Waals surface area contributed by atoms with Gasteiger partial charge in [-0.15, -0.1) is 0 Å². The van der Waals surface area contributed by atoms with Gasteiger partial charge in [-0.3, -0.25) is 4.79 Å². The topological polar surface area (TPSA) is 49.3 Å². The van der Waals surface area contributed by atoms with Crippen molar-refractivity contribution >= 4 is 5.97 Å². The molecule has 0 radical (unpaired) electrons. The molecule has 0 aliphatic heterocycles. The molecule has 3 heteroatoms. The van der Waals surface area contributed by atoms with E-state index in [1.807, 2.05) is 0 Å². The Hall–Kier alpha value is -0.570. The predicted octanol–water partition coefficient (Wildman–Crippen LogP) is 4.07. The van der Waals surface area contributed by atoms with Crippen LogP contribution in [0.2, 0.25) is 0 Å². The van der Waals surface area contributed by atoms with E-state index in [0.717, 1.165) is 12.8 Å². The fraction of sp³-hybridized carbons (Fsp3) is 0.944. The quantitative estimate of drug-likeness (QED) is 0.825. The van der Waals surface area contributed by atoms with Gasteiger partial charge in [0.25, 0.3) is 0 Å². The summed E-state index contributed by atoms with van der Waals surface area (Å²) in [6, 6.07) is 1.04. The summed E-state index contributed by atoms with van der Waals surface area (Å²) in [7, 11) is 0. The molecule has 0 aromatic heterocycles. The van der Waals surface area contributed by atoms with Crippen molar-refractivity contribution < 1.29 is 9.90 Å². The van der Waals surface area contributed by atoms with Crippen molar-refractivity contribution in [2.75, 3.05) is 0 Å². The molecule has 21 heavy (non-hydrogen) atoms. The van der Waals surface area contributed by atoms with Crippen LogP contribution in [0.15, 0.2) is 0 Å². The van der Waals surface area contributed by atoms with Crippen molar-refractivity contribution in [2.24, 2.45) is 22.7 Å². The largest absolute Gasteiger partial charge is 0.481 e. The third-order valence-corrected chi connectivity index (χ3v) is 6.66. The van der Waals surface area contributed by atoms with Gasteiger partial charge in [-0.1, -0.05) is 47.5 Å². The van der Waals surface area contributed by atoms with Gasteiger partial charge in [0, 0.05) is 12.1 Å². The van der Waals surface area contributed by atoms with Crippen LogP contribution >= 0.6 is 0 Å². The summed E-state index contributed by atoms with van der Waals surface area (Å²) in [5.74, 6) is -0.432. The molecule has 0 amide bonds. The Morgan fingerprint density at radius 1 is 1.10 bits per heavy atom. The lowest BCUT2D eigenvalue weighted by Crippen LogP contribution is -2.56. The van der Waals surface area contributed by atoms with Gasteiger partial charge in [0.2, 0.25) is 0 Å². The molecular weight excluding hydrogens is 262 g/mol. The Balaban J connectivity index is 2.07. The lowest BCUT2D eigenvalue weighted by molar-refractivity contribution is -0.150. The van der Waals surface area contributed by atoms with Crippen molar-refractivity contribution in [2.45, 2.75) is 85.2 Å². The van der Waals surface area contributed by atoms with Gasteiger partial charge in [0.1, 0.15) is 0 Å². The second-order valence-electron chi connectivity index (χ2n) is 8.64. The minimum absolute atomic E-state index is 0.138. The average molecular weight is 295 g/mol. The van der Waals surface area contributed by atoms with Crippen LogP contribution in [-0.4, -0.2) is 23.2 Å². The first-order valence-electron chi connectivity index (χ1n) is 8.65. The zero-order valence-electron chi connectivity index (χ0n) is 14.4. The molecule has 2 rings (SSSR count). The standard InChI is InChI=1S/C18H33NO2/c1-12-14(10-9-13(16(20)21)18(12,4)5)19-15-8-6-7-11-17(15,2)3/h12-15,19H,6-11H2,1-5H3,(H,20,21). The van der Waals surface area contributed by atoms with E-state index in [0.29, 0.717) is 23.4 Å². The number of carboxylic acid groups (broad SMARTS) is 1. The number of hydrogen-bond acceptors (Lipinski definition) is 2. The molecule has 0 aromatic rings. The van der Waals surface area contributed by atoms with Crippen LogP contribution in [0.1, 0.15) is 73.1 Å². The van der Waals surface area contributed by atoms with Crippen LogP contribution in [0.5, 0.6) is 0 Å². The third-order valence-electron chi connectivity index (χ3n) is 6.66. The molecule has 4 atom stereocenters. The SMILES string of the molecule is CC1C(NC2CCCCC2(C)C)CCC(C(=O)O)C1(C)C. The molecule has 0 aromatic carbocycles. The first-order chi connectivity index (χ1) is 9.66. The maximum Gasteiger partial charge on any atom is 0.307 e. The first kappa shape index (κ1) is 16.8. The van der Waals surface area contributed by atoms with Gasteiger partial charge in [0.05, 0.1) is 5.92 Å². The van der Waals surface area contributed by atoms with E-state index >= 15 is 0 Å². The highest BCUT2D eigenvalue weighted by atomic mass is 16.4. The lowest BCUT2D eigenvalue weighted by Gasteiger charge is -2.49. The molecule has 2 N–H and O–H groups in total. The number of carboxylic acids is 1. The number of rotatable bonds is 3. The minimum atomic E-state index is -0.622. The number of aliphatic carboxylic acids is 1. The Morgan fingerprint density at radius 3 is 2.33 bits per heavy atom. The fourth-order valence-corrected chi connectivity index (χ4v) is 4.53. The van der Waals surface area contributed by atoms with Crippen LogP contribution in [0.25, 0.3) is 0 Å². The summed E-state index contributed by atoms with van der Waals surface area (Å²) in [6.07, 6.45) is 7.03. The van der Waals surface area contributed by atoms with Gasteiger partial charge in [-0.2, -0.15) is 0 Å². The smallest absolute Gasteiger partial charge is 0.307 e. The summed E-state index contributed by atoms with van der Waals surface area (Å²) >= 11 is 0.